The third-order valence-electron chi connectivity index (χ3n) is 4.19. The van der Waals surface area contributed by atoms with Gasteiger partial charge in [-0.3, -0.25) is 4.79 Å². The number of carbonyl (C=O) groups is 2. The van der Waals surface area contributed by atoms with Gasteiger partial charge in [0.05, 0.1) is 6.54 Å². The molecule has 0 atom stereocenters. The van der Waals surface area contributed by atoms with E-state index in [2.05, 4.69) is 38.7 Å². The van der Waals surface area contributed by atoms with Crippen LogP contribution < -0.4 is 5.32 Å². The molecule has 3 rings (SSSR count). The molecular formula is C17H21N3O2. The van der Waals surface area contributed by atoms with E-state index in [4.69, 9.17) is 0 Å². The predicted molar refractivity (Wildman–Crippen MR) is 84.0 cm³/mol. The summed E-state index contributed by atoms with van der Waals surface area (Å²) in [5.41, 5.74) is 3.59. The van der Waals surface area contributed by atoms with Crippen molar-refractivity contribution < 1.29 is 9.59 Å². The highest BCUT2D eigenvalue weighted by atomic mass is 16.2. The van der Waals surface area contributed by atoms with Crippen LogP contribution >= 0.6 is 0 Å². The Morgan fingerprint density at radius 2 is 1.91 bits per heavy atom. The van der Waals surface area contributed by atoms with Crippen molar-refractivity contribution in [3.63, 3.8) is 0 Å². The molecule has 5 nitrogen and oxygen atoms in total. The van der Waals surface area contributed by atoms with Gasteiger partial charge in [0.15, 0.2) is 0 Å². The van der Waals surface area contributed by atoms with Crippen LogP contribution in [0.3, 0.4) is 0 Å². The topological polar surface area (TPSA) is 52.7 Å². The number of nitrogens with one attached hydrogen (secondary N) is 1. The lowest BCUT2D eigenvalue weighted by molar-refractivity contribution is 0.0124. The molecule has 2 aliphatic heterocycles. The zero-order chi connectivity index (χ0) is 16.1. The summed E-state index contributed by atoms with van der Waals surface area (Å²) < 4.78 is 0. The van der Waals surface area contributed by atoms with Gasteiger partial charge in [0.2, 0.25) is 0 Å². The van der Waals surface area contributed by atoms with Crippen LogP contribution in [-0.4, -0.2) is 28.5 Å². The molecule has 0 aliphatic carbocycles. The van der Waals surface area contributed by atoms with E-state index < -0.39 is 0 Å². The number of hydrazine groups is 1. The van der Waals surface area contributed by atoms with E-state index in [0.29, 0.717) is 30.8 Å². The zero-order valence-corrected chi connectivity index (χ0v) is 13.3. The number of rotatable bonds is 1. The van der Waals surface area contributed by atoms with Crippen molar-refractivity contribution in [1.29, 1.82) is 0 Å². The van der Waals surface area contributed by atoms with Crippen LogP contribution in [0, 0.1) is 0 Å². The summed E-state index contributed by atoms with van der Waals surface area (Å²) >= 11 is 0. The average Bonchev–Trinajstić information content (AvgIpc) is 2.75. The van der Waals surface area contributed by atoms with Crippen LogP contribution in [0.25, 0.3) is 0 Å². The maximum absolute atomic E-state index is 12.6. The molecule has 0 saturated carbocycles. The molecule has 5 heteroatoms. The zero-order valence-electron chi connectivity index (χ0n) is 13.3. The summed E-state index contributed by atoms with van der Waals surface area (Å²) in [4.78, 5) is 24.6. The molecule has 1 N–H and O–H groups in total. The highest BCUT2D eigenvalue weighted by Crippen LogP contribution is 2.30. The Morgan fingerprint density at radius 3 is 2.55 bits per heavy atom. The first-order valence-corrected chi connectivity index (χ1v) is 7.49. The first-order chi connectivity index (χ1) is 10.3. The molecule has 2 heterocycles. The lowest BCUT2D eigenvalue weighted by Gasteiger charge is -2.35. The number of carbonyl (C=O) groups excluding carboxylic acids is 2. The van der Waals surface area contributed by atoms with Crippen molar-refractivity contribution in [3.05, 3.63) is 47.2 Å². The monoisotopic (exact) mass is 299 g/mol. The molecule has 0 spiro atoms. The average molecular weight is 299 g/mol. The smallest absolute Gasteiger partial charge is 0.311 e. The van der Waals surface area contributed by atoms with Gasteiger partial charge in [0.1, 0.15) is 0 Å². The Balaban J connectivity index is 1.88. The van der Waals surface area contributed by atoms with Crippen LogP contribution in [0.15, 0.2) is 30.5 Å². The SMILES string of the molecule is C=C1CCN(N2Cc3cc(C(C)(C)C)ccc3C2=O)C(=O)N1. The Morgan fingerprint density at radius 1 is 1.18 bits per heavy atom. The van der Waals surface area contributed by atoms with Crippen molar-refractivity contribution in [3.8, 4) is 0 Å². The molecular weight excluding hydrogens is 278 g/mol. The maximum Gasteiger partial charge on any atom is 0.340 e. The van der Waals surface area contributed by atoms with Gasteiger partial charge in [0, 0.05) is 24.2 Å². The number of hydrogen-bond acceptors (Lipinski definition) is 2. The molecule has 22 heavy (non-hydrogen) atoms. The summed E-state index contributed by atoms with van der Waals surface area (Å²) in [6.07, 6.45) is 0.652. The molecule has 2 aliphatic rings. The molecule has 1 saturated heterocycles. The van der Waals surface area contributed by atoms with Crippen LogP contribution in [0.5, 0.6) is 0 Å². The van der Waals surface area contributed by atoms with Gasteiger partial charge in [-0.15, -0.1) is 0 Å². The fraction of sp³-hybridized carbons (Fsp3) is 0.412. The molecule has 0 unspecified atom stereocenters. The minimum atomic E-state index is -0.284. The Bertz CT molecular complexity index is 673. The minimum Gasteiger partial charge on any atom is -0.311 e. The molecule has 0 aromatic heterocycles. The number of nitrogens with zero attached hydrogens (tertiary/aromatic N) is 2. The normalized spacial score (nSPS) is 18.6. The van der Waals surface area contributed by atoms with E-state index >= 15 is 0 Å². The number of fused-ring (bicyclic) bond motifs is 1. The highest BCUT2D eigenvalue weighted by molar-refractivity contribution is 5.99. The number of benzene rings is 1. The van der Waals surface area contributed by atoms with Crippen LogP contribution in [0.4, 0.5) is 4.79 Å². The number of hydrogen-bond donors (Lipinski definition) is 1. The van der Waals surface area contributed by atoms with Gasteiger partial charge in [-0.2, -0.15) is 0 Å². The van der Waals surface area contributed by atoms with Crippen molar-refractivity contribution >= 4 is 11.9 Å². The summed E-state index contributed by atoms with van der Waals surface area (Å²) in [6, 6.07) is 5.67. The number of urea groups is 1. The van der Waals surface area contributed by atoms with Crippen molar-refractivity contribution in [2.45, 2.75) is 39.2 Å². The van der Waals surface area contributed by atoms with Gasteiger partial charge >= 0.3 is 6.03 Å². The fourth-order valence-electron chi connectivity index (χ4n) is 2.82. The van der Waals surface area contributed by atoms with Crippen LogP contribution in [-0.2, 0) is 12.0 Å². The molecule has 1 aromatic rings. The van der Waals surface area contributed by atoms with Crippen molar-refractivity contribution in [2.24, 2.45) is 0 Å². The van der Waals surface area contributed by atoms with Gasteiger partial charge in [0.25, 0.3) is 5.91 Å². The minimum absolute atomic E-state index is 0.0335. The van der Waals surface area contributed by atoms with Crippen molar-refractivity contribution in [2.75, 3.05) is 6.54 Å². The third kappa shape index (κ3) is 2.36. The molecule has 3 amide bonds. The van der Waals surface area contributed by atoms with E-state index in [1.807, 2.05) is 12.1 Å². The number of amides is 3. The third-order valence-corrected chi connectivity index (χ3v) is 4.19. The Hall–Kier alpha value is -2.30. The van der Waals surface area contributed by atoms with E-state index in [0.717, 1.165) is 5.56 Å². The highest BCUT2D eigenvalue weighted by Gasteiger charge is 2.36. The summed E-state index contributed by atoms with van der Waals surface area (Å²) in [6.45, 7) is 11.1. The fourth-order valence-corrected chi connectivity index (χ4v) is 2.82. The quantitative estimate of drug-likeness (QED) is 0.867. The molecule has 0 radical (unpaired) electrons. The lowest BCUT2D eigenvalue weighted by Crippen LogP contribution is -2.54. The molecule has 116 valence electrons. The second-order valence-electron chi connectivity index (χ2n) is 6.89. The summed E-state index contributed by atoms with van der Waals surface area (Å²) in [5.74, 6) is -0.113. The summed E-state index contributed by atoms with van der Waals surface area (Å²) in [7, 11) is 0. The van der Waals surface area contributed by atoms with Gasteiger partial charge in [-0.1, -0.05) is 39.5 Å². The molecule has 1 aromatic carbocycles. The first kappa shape index (κ1) is 14.6. The lowest BCUT2D eigenvalue weighted by atomic mass is 9.85. The van der Waals surface area contributed by atoms with Gasteiger partial charge in [-0.05, 0) is 22.6 Å². The van der Waals surface area contributed by atoms with E-state index in [9.17, 15) is 9.59 Å². The standard InChI is InChI=1S/C17H21N3O2/c1-11-7-8-19(16(22)18-11)20-10-12-9-13(17(2,3)4)5-6-14(12)15(20)21/h5-6,9H,1,7-8,10H2,2-4H3,(H,18,22). The second kappa shape index (κ2) is 4.87. The largest absolute Gasteiger partial charge is 0.340 e. The Labute approximate surface area is 130 Å². The Kier molecular flexibility index (Phi) is 3.24. The summed E-state index contributed by atoms with van der Waals surface area (Å²) in [5, 5.41) is 5.69. The van der Waals surface area contributed by atoms with E-state index in [1.165, 1.54) is 15.6 Å². The molecule has 1 fully saturated rings. The van der Waals surface area contributed by atoms with Gasteiger partial charge < -0.3 is 5.32 Å². The van der Waals surface area contributed by atoms with Crippen molar-refractivity contribution in [1.82, 2.24) is 15.3 Å². The maximum atomic E-state index is 12.6. The second-order valence-corrected chi connectivity index (χ2v) is 6.89. The predicted octanol–water partition coefficient (Wildman–Crippen LogP) is 2.78. The van der Waals surface area contributed by atoms with Gasteiger partial charge in [-0.25, -0.2) is 14.8 Å². The first-order valence-electron chi connectivity index (χ1n) is 7.49. The van der Waals surface area contributed by atoms with E-state index in [-0.39, 0.29) is 17.4 Å². The van der Waals surface area contributed by atoms with Crippen LogP contribution in [0.2, 0.25) is 0 Å². The van der Waals surface area contributed by atoms with E-state index in [1.54, 1.807) is 0 Å². The van der Waals surface area contributed by atoms with Crippen LogP contribution in [0.1, 0.15) is 48.7 Å². The molecule has 0 bridgehead atoms.